The number of fused-ring (bicyclic) bond motifs is 1. The summed E-state index contributed by atoms with van der Waals surface area (Å²) < 4.78 is 0. The molecule has 1 aromatic rings. The number of amides is 3. The van der Waals surface area contributed by atoms with E-state index in [0.717, 1.165) is 30.6 Å². The molecule has 0 bridgehead atoms. The Morgan fingerprint density at radius 1 is 1.24 bits per heavy atom. The van der Waals surface area contributed by atoms with Crippen molar-refractivity contribution in [1.29, 1.82) is 0 Å². The second kappa shape index (κ2) is 7.76. The number of hydrogen-bond donors (Lipinski definition) is 3. The number of nitrogens with zero attached hydrogens (tertiary/aromatic N) is 1. The summed E-state index contributed by atoms with van der Waals surface area (Å²) in [6, 6.07) is 5.28. The lowest BCUT2D eigenvalue weighted by Crippen LogP contribution is -2.52. The lowest BCUT2D eigenvalue weighted by Gasteiger charge is -2.29. The van der Waals surface area contributed by atoms with Crippen molar-refractivity contribution in [2.24, 2.45) is 0 Å². The van der Waals surface area contributed by atoms with Crippen LogP contribution in [0.5, 0.6) is 0 Å². The molecule has 1 saturated heterocycles. The zero-order chi connectivity index (χ0) is 17.8. The van der Waals surface area contributed by atoms with Crippen LogP contribution in [0, 0.1) is 0 Å². The van der Waals surface area contributed by atoms with Crippen molar-refractivity contribution in [3.05, 3.63) is 34.9 Å². The van der Waals surface area contributed by atoms with Crippen molar-refractivity contribution in [2.75, 3.05) is 20.1 Å². The number of benzene rings is 1. The van der Waals surface area contributed by atoms with Gasteiger partial charge in [-0.05, 0) is 44.1 Å². The van der Waals surface area contributed by atoms with Crippen molar-refractivity contribution >= 4 is 17.7 Å². The molecule has 0 aliphatic carbocycles. The van der Waals surface area contributed by atoms with Crippen LogP contribution in [0.4, 0.5) is 0 Å². The Morgan fingerprint density at radius 3 is 2.84 bits per heavy atom. The molecule has 1 aromatic carbocycles. The zero-order valence-corrected chi connectivity index (χ0v) is 14.4. The first-order chi connectivity index (χ1) is 12.1. The van der Waals surface area contributed by atoms with E-state index in [-0.39, 0.29) is 24.1 Å². The van der Waals surface area contributed by atoms with E-state index in [0.29, 0.717) is 25.1 Å². The highest BCUT2D eigenvalue weighted by atomic mass is 16.2. The Labute approximate surface area is 147 Å². The summed E-state index contributed by atoms with van der Waals surface area (Å²) >= 11 is 0. The van der Waals surface area contributed by atoms with E-state index in [2.05, 4.69) is 16.0 Å². The molecule has 1 fully saturated rings. The predicted molar refractivity (Wildman–Crippen MR) is 92.7 cm³/mol. The third-order valence-electron chi connectivity index (χ3n) is 4.73. The van der Waals surface area contributed by atoms with Crippen molar-refractivity contribution in [2.45, 2.75) is 38.4 Å². The van der Waals surface area contributed by atoms with E-state index in [1.54, 1.807) is 4.90 Å². The van der Waals surface area contributed by atoms with E-state index in [1.165, 1.54) is 0 Å². The van der Waals surface area contributed by atoms with E-state index >= 15 is 0 Å². The van der Waals surface area contributed by atoms with E-state index < -0.39 is 6.04 Å². The van der Waals surface area contributed by atoms with Crippen molar-refractivity contribution < 1.29 is 14.4 Å². The molecule has 134 valence electrons. The van der Waals surface area contributed by atoms with Gasteiger partial charge >= 0.3 is 0 Å². The minimum absolute atomic E-state index is 0.114. The fourth-order valence-electron chi connectivity index (χ4n) is 3.45. The monoisotopic (exact) mass is 344 g/mol. The van der Waals surface area contributed by atoms with Gasteiger partial charge in [0.2, 0.25) is 11.8 Å². The van der Waals surface area contributed by atoms with Gasteiger partial charge in [0.05, 0.1) is 0 Å². The van der Waals surface area contributed by atoms with Crippen LogP contribution in [0.15, 0.2) is 18.2 Å². The van der Waals surface area contributed by atoms with Crippen LogP contribution in [0.25, 0.3) is 0 Å². The van der Waals surface area contributed by atoms with Gasteiger partial charge in [-0.15, -0.1) is 0 Å². The van der Waals surface area contributed by atoms with Gasteiger partial charge in [-0.2, -0.15) is 0 Å². The molecular formula is C18H24N4O3. The third-order valence-corrected chi connectivity index (χ3v) is 4.73. The minimum Gasteiger partial charge on any atom is -0.322 e. The lowest BCUT2D eigenvalue weighted by atomic mass is 10.0. The molecule has 0 spiro atoms. The molecule has 0 aromatic heterocycles. The van der Waals surface area contributed by atoms with Crippen LogP contribution in [-0.2, 0) is 22.7 Å². The quantitative estimate of drug-likeness (QED) is 0.484. The molecule has 2 aliphatic heterocycles. The summed E-state index contributed by atoms with van der Waals surface area (Å²) in [7, 11) is 1.92. The number of piperidine rings is 1. The Kier molecular flexibility index (Phi) is 5.45. The third kappa shape index (κ3) is 3.72. The Morgan fingerprint density at radius 2 is 2.08 bits per heavy atom. The summed E-state index contributed by atoms with van der Waals surface area (Å²) in [5.74, 6) is -0.752. The van der Waals surface area contributed by atoms with E-state index in [4.69, 9.17) is 0 Å². The Bertz CT molecular complexity index is 689. The molecule has 1 atom stereocenters. The summed E-state index contributed by atoms with van der Waals surface area (Å²) in [5.41, 5.74) is 2.61. The molecule has 2 heterocycles. The van der Waals surface area contributed by atoms with Gasteiger partial charge in [0.1, 0.15) is 6.04 Å². The van der Waals surface area contributed by atoms with Gasteiger partial charge in [-0.1, -0.05) is 18.2 Å². The number of carbonyl (C=O) groups excluding carboxylic acids is 3. The number of carbonyl (C=O) groups is 3. The van der Waals surface area contributed by atoms with Crippen LogP contribution in [-0.4, -0.2) is 48.8 Å². The molecule has 3 amide bonds. The molecule has 0 saturated carbocycles. The Balaban J connectivity index is 1.70. The molecule has 2 aliphatic rings. The minimum atomic E-state index is -0.561. The lowest BCUT2D eigenvalue weighted by molar-refractivity contribution is -0.136. The Hall–Kier alpha value is -2.25. The molecule has 3 N–H and O–H groups in total. The highest BCUT2D eigenvalue weighted by molar-refractivity contribution is 6.05. The maximum Gasteiger partial charge on any atom is 0.255 e. The molecule has 25 heavy (non-hydrogen) atoms. The topological polar surface area (TPSA) is 90.5 Å². The van der Waals surface area contributed by atoms with Crippen LogP contribution in [0.1, 0.15) is 40.7 Å². The average Bonchev–Trinajstić information content (AvgIpc) is 2.92. The van der Waals surface area contributed by atoms with Crippen molar-refractivity contribution in [3.63, 3.8) is 0 Å². The average molecular weight is 344 g/mol. The smallest absolute Gasteiger partial charge is 0.255 e. The number of rotatable bonds is 7. The second-order valence-electron chi connectivity index (χ2n) is 6.49. The normalized spacial score (nSPS) is 20.0. The van der Waals surface area contributed by atoms with E-state index in [1.807, 2.05) is 25.2 Å². The molecular weight excluding hydrogens is 320 g/mol. The standard InChI is InChI=1S/C18H24N4O3/c1-19-8-3-9-20-10-12-4-2-5-13-11-22(18(25)16(12)13)14-6-7-15(23)21-17(14)24/h2,4-5,14,19-20H,3,6-11H2,1H3,(H,21,23,24). The van der Waals surface area contributed by atoms with Crippen molar-refractivity contribution in [3.8, 4) is 0 Å². The first-order valence-corrected chi connectivity index (χ1v) is 8.72. The maximum atomic E-state index is 12.9. The summed E-state index contributed by atoms with van der Waals surface area (Å²) in [6.07, 6.45) is 1.68. The van der Waals surface area contributed by atoms with Gasteiger partial charge in [0.15, 0.2) is 0 Å². The molecule has 0 radical (unpaired) electrons. The summed E-state index contributed by atoms with van der Waals surface area (Å²) in [4.78, 5) is 37.9. The second-order valence-corrected chi connectivity index (χ2v) is 6.49. The first-order valence-electron chi connectivity index (χ1n) is 8.72. The predicted octanol–water partition coefficient (Wildman–Crippen LogP) is 0.147. The van der Waals surface area contributed by atoms with E-state index in [9.17, 15) is 14.4 Å². The van der Waals surface area contributed by atoms with Crippen molar-refractivity contribution in [1.82, 2.24) is 20.9 Å². The highest BCUT2D eigenvalue weighted by Crippen LogP contribution is 2.29. The van der Waals surface area contributed by atoms with Crippen LogP contribution < -0.4 is 16.0 Å². The van der Waals surface area contributed by atoms with Crippen LogP contribution in [0.2, 0.25) is 0 Å². The number of hydrogen-bond acceptors (Lipinski definition) is 5. The van der Waals surface area contributed by atoms with Gasteiger partial charge in [-0.3, -0.25) is 19.7 Å². The zero-order valence-electron chi connectivity index (χ0n) is 14.4. The van der Waals surface area contributed by atoms with Crippen LogP contribution in [0.3, 0.4) is 0 Å². The SMILES string of the molecule is CNCCCNCc1cccc2c1C(=O)N(C1CCC(=O)NC1=O)C2. The molecule has 1 unspecified atom stereocenters. The van der Waals surface area contributed by atoms with Gasteiger partial charge in [-0.25, -0.2) is 0 Å². The van der Waals surface area contributed by atoms with Gasteiger partial charge < -0.3 is 15.5 Å². The number of imide groups is 1. The van der Waals surface area contributed by atoms with Crippen LogP contribution >= 0.6 is 0 Å². The molecule has 3 rings (SSSR count). The fourth-order valence-corrected chi connectivity index (χ4v) is 3.45. The summed E-state index contributed by atoms with van der Waals surface area (Å²) in [6.45, 7) is 2.87. The largest absolute Gasteiger partial charge is 0.322 e. The van der Waals surface area contributed by atoms with Gasteiger partial charge in [0.25, 0.3) is 5.91 Å². The number of nitrogens with one attached hydrogen (secondary N) is 3. The fraction of sp³-hybridized carbons (Fsp3) is 0.500. The maximum absolute atomic E-state index is 12.9. The highest BCUT2D eigenvalue weighted by Gasteiger charge is 2.39. The molecule has 7 nitrogen and oxygen atoms in total. The van der Waals surface area contributed by atoms with Gasteiger partial charge in [0, 0.05) is 25.1 Å². The molecule has 7 heteroatoms. The summed E-state index contributed by atoms with van der Waals surface area (Å²) in [5, 5.41) is 8.79. The first kappa shape index (κ1) is 17.6.